The Morgan fingerprint density at radius 2 is 1.02 bits per heavy atom. The van der Waals surface area contributed by atoms with Crippen molar-refractivity contribution < 1.29 is 49.1 Å². The Morgan fingerprint density at radius 1 is 0.528 bits per heavy atom. The summed E-state index contributed by atoms with van der Waals surface area (Å²) in [4.78, 5) is -2.14. The van der Waals surface area contributed by atoms with Crippen molar-refractivity contribution in [2.75, 3.05) is 0 Å². The minimum absolute atomic E-state index is 0.0406. The van der Waals surface area contributed by atoms with Gasteiger partial charge in [-0.3, -0.25) is 0 Å². The number of hydrogen-bond donors (Lipinski definition) is 2. The van der Waals surface area contributed by atoms with Crippen molar-refractivity contribution in [3.8, 4) is 11.5 Å². The molecule has 0 atom stereocenters. The van der Waals surface area contributed by atoms with Crippen molar-refractivity contribution in [2.24, 2.45) is 20.5 Å². The molecule has 0 aromatic heterocycles. The number of rotatable bonds is 9. The number of nitrogens with zero attached hydrogens (tertiary/aromatic N) is 4. The van der Waals surface area contributed by atoms with Crippen LogP contribution >= 0.6 is 0 Å². The lowest BCUT2D eigenvalue weighted by molar-refractivity contribution is 0.436. The molecule has 6 rings (SSSR count). The third-order valence-corrected chi connectivity index (χ3v) is 10.9. The zero-order chi connectivity index (χ0) is 38.5. The molecule has 0 aliphatic heterocycles. The van der Waals surface area contributed by atoms with E-state index < -0.39 is 56.5 Å². The lowest BCUT2D eigenvalue weighted by Crippen LogP contribution is -2.01. The average molecular weight is 774 g/mol. The Balaban J connectivity index is 1.24. The molecule has 0 amide bonds. The lowest BCUT2D eigenvalue weighted by Gasteiger charge is -2.14. The number of fused-ring (bicyclic) bond motifs is 2. The fourth-order valence-corrected chi connectivity index (χ4v) is 7.24. The van der Waals surface area contributed by atoms with Gasteiger partial charge in [0.15, 0.2) is 5.75 Å². The molecule has 0 radical (unpaired) electrons. The van der Waals surface area contributed by atoms with E-state index in [-0.39, 0.29) is 22.2 Å². The fraction of sp³-hybridized carbons (Fsp3) is 0.0857. The predicted octanol–water partition coefficient (Wildman–Crippen LogP) is 7.15. The van der Waals surface area contributed by atoms with Crippen LogP contribution in [0.15, 0.2) is 126 Å². The van der Waals surface area contributed by atoms with Gasteiger partial charge in [-0.2, -0.15) is 10.2 Å². The van der Waals surface area contributed by atoms with Crippen LogP contribution in [0.1, 0.15) is 22.3 Å². The van der Waals surface area contributed by atoms with Crippen LogP contribution in [0.25, 0.3) is 21.5 Å². The molecular formula is C35H25N4O11S3-3. The molecule has 0 saturated carbocycles. The van der Waals surface area contributed by atoms with Crippen LogP contribution in [0.5, 0.6) is 11.5 Å². The van der Waals surface area contributed by atoms with E-state index in [0.29, 0.717) is 28.6 Å². The van der Waals surface area contributed by atoms with Crippen LogP contribution in [0.4, 0.5) is 22.7 Å². The molecule has 0 bridgehead atoms. The van der Waals surface area contributed by atoms with E-state index >= 15 is 0 Å². The van der Waals surface area contributed by atoms with Crippen molar-refractivity contribution in [2.45, 2.75) is 35.0 Å². The van der Waals surface area contributed by atoms with Crippen molar-refractivity contribution in [3.63, 3.8) is 0 Å². The molecule has 6 aromatic carbocycles. The number of phenols is 2. The molecule has 0 aliphatic carbocycles. The second kappa shape index (κ2) is 13.7. The summed E-state index contributed by atoms with van der Waals surface area (Å²) in [6.45, 7) is 3.72. The molecule has 0 spiro atoms. The Kier molecular flexibility index (Phi) is 9.62. The maximum Gasteiger partial charge on any atom is 0.161 e. The highest BCUT2D eigenvalue weighted by Gasteiger charge is 2.19. The number of aromatic hydroxyl groups is 2. The van der Waals surface area contributed by atoms with Gasteiger partial charge in [-0.25, -0.2) is 25.3 Å². The summed E-state index contributed by atoms with van der Waals surface area (Å²) in [6.07, 6.45) is 0.501. The average Bonchev–Trinajstić information content (AvgIpc) is 3.07. The maximum atomic E-state index is 11.9. The van der Waals surface area contributed by atoms with Gasteiger partial charge in [0.05, 0.1) is 26.1 Å². The van der Waals surface area contributed by atoms with E-state index in [0.717, 1.165) is 52.6 Å². The molecular weight excluding hydrogens is 749 g/mol. The van der Waals surface area contributed by atoms with Gasteiger partial charge in [-0.15, -0.1) is 10.2 Å². The van der Waals surface area contributed by atoms with Gasteiger partial charge < -0.3 is 23.9 Å². The van der Waals surface area contributed by atoms with Crippen LogP contribution in [0.2, 0.25) is 0 Å². The third-order valence-electron chi connectivity index (χ3n) is 8.37. The summed E-state index contributed by atoms with van der Waals surface area (Å²) >= 11 is 0. The van der Waals surface area contributed by atoms with Crippen LogP contribution in [0, 0.1) is 13.8 Å². The highest BCUT2D eigenvalue weighted by molar-refractivity contribution is 7.86. The molecule has 2 N–H and O–H groups in total. The number of azo groups is 2. The van der Waals surface area contributed by atoms with E-state index in [1.807, 2.05) is 19.9 Å². The van der Waals surface area contributed by atoms with Gasteiger partial charge in [0.25, 0.3) is 0 Å². The third kappa shape index (κ3) is 7.92. The normalized spacial score (nSPS) is 12.8. The summed E-state index contributed by atoms with van der Waals surface area (Å²) in [6, 6.07) is 20.8. The minimum atomic E-state index is -5.23. The quantitative estimate of drug-likeness (QED) is 0.110. The van der Waals surface area contributed by atoms with E-state index in [9.17, 15) is 49.1 Å². The number of aryl methyl sites for hydroxylation is 2. The van der Waals surface area contributed by atoms with E-state index in [2.05, 4.69) is 20.5 Å². The largest absolute Gasteiger partial charge is 0.744 e. The smallest absolute Gasteiger partial charge is 0.161 e. The monoisotopic (exact) mass is 773 g/mol. The SMILES string of the molecule is Cc1cc(N=Nc2c(O)ccc3cc(S(=O)(=O)[O-])ccc23)ccc1Cc1ccc(N=Nc2c(O)c(S(=O)(=O)[O-])cc3cc(S(=O)(=O)[O-])ccc23)cc1C. The predicted molar refractivity (Wildman–Crippen MR) is 189 cm³/mol. The first-order valence-corrected chi connectivity index (χ1v) is 19.5. The molecule has 0 aliphatic rings. The van der Waals surface area contributed by atoms with Gasteiger partial charge in [-0.1, -0.05) is 30.3 Å². The van der Waals surface area contributed by atoms with E-state index in [1.54, 1.807) is 30.3 Å². The van der Waals surface area contributed by atoms with Gasteiger partial charge in [0.1, 0.15) is 47.5 Å². The molecule has 53 heavy (non-hydrogen) atoms. The topological polar surface area (TPSA) is 261 Å². The van der Waals surface area contributed by atoms with Crippen LogP contribution < -0.4 is 0 Å². The second-order valence-electron chi connectivity index (χ2n) is 11.9. The van der Waals surface area contributed by atoms with E-state index in [4.69, 9.17) is 0 Å². The Hall–Kier alpha value is -5.63. The molecule has 0 unspecified atom stereocenters. The summed E-state index contributed by atoms with van der Waals surface area (Å²) in [5, 5.41) is 38.3. The maximum absolute atomic E-state index is 11.9. The number of benzene rings is 6. The minimum Gasteiger partial charge on any atom is -0.744 e. The lowest BCUT2D eigenvalue weighted by atomic mass is 9.97. The highest BCUT2D eigenvalue weighted by Crippen LogP contribution is 2.42. The van der Waals surface area contributed by atoms with Crippen LogP contribution in [-0.2, 0) is 36.8 Å². The van der Waals surface area contributed by atoms with Gasteiger partial charge in [0.2, 0.25) is 0 Å². The molecule has 272 valence electrons. The molecule has 18 heteroatoms. The van der Waals surface area contributed by atoms with Crippen molar-refractivity contribution >= 4 is 74.6 Å². The Labute approximate surface area is 302 Å². The number of hydrogen-bond acceptors (Lipinski definition) is 15. The zero-order valence-corrected chi connectivity index (χ0v) is 29.9. The Bertz CT molecular complexity index is 2890. The zero-order valence-electron chi connectivity index (χ0n) is 27.4. The Morgan fingerprint density at radius 3 is 1.51 bits per heavy atom. The molecule has 0 heterocycles. The fourth-order valence-electron chi connectivity index (χ4n) is 5.62. The summed E-state index contributed by atoms with van der Waals surface area (Å²) in [7, 11) is -14.8. The summed E-state index contributed by atoms with van der Waals surface area (Å²) < 4.78 is 104. The van der Waals surface area contributed by atoms with Crippen LogP contribution in [-0.4, -0.2) is 49.1 Å². The molecule has 15 nitrogen and oxygen atoms in total. The van der Waals surface area contributed by atoms with Gasteiger partial charge in [0, 0.05) is 10.8 Å². The highest BCUT2D eigenvalue weighted by atomic mass is 32.2. The molecule has 0 saturated heterocycles. The molecule has 6 aromatic rings. The standard InChI is InChI=1S/C35H28N4O11S3/c1-19-13-25(36-38-33-29-10-8-27(51(42,43)44)16-23(29)5-12-31(33)40)6-3-21(19)15-22-4-7-26(14-20(22)2)37-39-34-30-11-9-28(52(45,46)47)17-24(30)18-32(35(34)41)53(48,49)50/h3-14,16-18,40-41H,15H2,1-2H3,(H,42,43,44)(H,45,46,47)(H,48,49,50)/p-3. The summed E-state index contributed by atoms with van der Waals surface area (Å²) in [5.41, 5.74) is 4.02. The second-order valence-corrected chi connectivity index (χ2v) is 16.0. The number of phenolic OH excluding ortho intramolecular Hbond substituents is 2. The molecule has 0 fully saturated rings. The van der Waals surface area contributed by atoms with Gasteiger partial charge >= 0.3 is 0 Å². The van der Waals surface area contributed by atoms with Crippen molar-refractivity contribution in [1.29, 1.82) is 0 Å². The first-order valence-electron chi connectivity index (χ1n) is 15.3. The first-order chi connectivity index (χ1) is 24.8. The summed E-state index contributed by atoms with van der Waals surface area (Å²) in [5.74, 6) is -1.17. The van der Waals surface area contributed by atoms with Crippen LogP contribution in [0.3, 0.4) is 0 Å². The first kappa shape index (κ1) is 37.1. The van der Waals surface area contributed by atoms with E-state index in [1.165, 1.54) is 24.3 Å². The van der Waals surface area contributed by atoms with Crippen molar-refractivity contribution in [3.05, 3.63) is 113 Å². The van der Waals surface area contributed by atoms with Crippen molar-refractivity contribution in [1.82, 2.24) is 0 Å². The van der Waals surface area contributed by atoms with Gasteiger partial charge in [-0.05, 0) is 114 Å².